The first kappa shape index (κ1) is 18.5. The molecule has 1 aromatic carbocycles. The van der Waals surface area contributed by atoms with Crippen LogP contribution in [-0.2, 0) is 17.9 Å². The van der Waals surface area contributed by atoms with Crippen LogP contribution in [0.1, 0.15) is 44.7 Å². The van der Waals surface area contributed by atoms with Gasteiger partial charge in [0, 0.05) is 27.2 Å². The topological polar surface area (TPSA) is 36.9 Å². The van der Waals surface area contributed by atoms with E-state index in [1.54, 1.807) is 0 Å². The minimum atomic E-state index is 0.267. The Hall–Kier alpha value is -1.55. The molecule has 1 rings (SSSR count). The van der Waals surface area contributed by atoms with Crippen molar-refractivity contribution in [3.63, 3.8) is 0 Å². The van der Waals surface area contributed by atoms with E-state index < -0.39 is 0 Å². The minimum absolute atomic E-state index is 0.267. The fourth-order valence-electron chi connectivity index (χ4n) is 2.08. The van der Waals surface area contributed by atoms with Crippen molar-refractivity contribution in [2.24, 2.45) is 4.99 Å². The predicted octanol–water partition coefficient (Wildman–Crippen LogP) is 3.42. The molecule has 0 spiro atoms. The van der Waals surface area contributed by atoms with Crippen molar-refractivity contribution in [2.75, 3.05) is 20.6 Å². The molecule has 4 nitrogen and oxygen atoms in total. The highest BCUT2D eigenvalue weighted by Gasteiger charge is 2.05. The number of unbranched alkanes of at least 4 members (excludes halogenated alkanes) is 1. The van der Waals surface area contributed by atoms with Crippen LogP contribution in [0.3, 0.4) is 0 Å². The Morgan fingerprint density at radius 1 is 1.23 bits per heavy atom. The molecule has 0 aromatic heterocycles. The first-order valence-corrected chi connectivity index (χ1v) is 8.18. The molecule has 0 heterocycles. The third kappa shape index (κ3) is 6.94. The highest BCUT2D eigenvalue weighted by molar-refractivity contribution is 5.79. The van der Waals surface area contributed by atoms with Crippen LogP contribution in [0.15, 0.2) is 29.3 Å². The lowest BCUT2D eigenvalue weighted by molar-refractivity contribution is 0.0657. The maximum Gasteiger partial charge on any atom is 0.193 e. The van der Waals surface area contributed by atoms with Crippen LogP contribution in [0.4, 0.5) is 0 Å². The fraction of sp³-hybridized carbons (Fsp3) is 0.611. The molecule has 0 bridgehead atoms. The molecule has 0 unspecified atom stereocenters. The van der Waals surface area contributed by atoms with Gasteiger partial charge in [-0.2, -0.15) is 0 Å². The summed E-state index contributed by atoms with van der Waals surface area (Å²) in [5.41, 5.74) is 2.46. The minimum Gasteiger partial charge on any atom is -0.374 e. The van der Waals surface area contributed by atoms with Gasteiger partial charge in [-0.15, -0.1) is 0 Å². The molecule has 0 aliphatic carbocycles. The second-order valence-electron chi connectivity index (χ2n) is 5.85. The van der Waals surface area contributed by atoms with E-state index in [1.807, 2.05) is 7.05 Å². The van der Waals surface area contributed by atoms with Crippen LogP contribution in [0, 0.1) is 0 Å². The van der Waals surface area contributed by atoms with Gasteiger partial charge in [-0.3, -0.25) is 4.99 Å². The number of aliphatic imine (C=N–C) groups is 1. The van der Waals surface area contributed by atoms with Crippen molar-refractivity contribution in [3.8, 4) is 0 Å². The summed E-state index contributed by atoms with van der Waals surface area (Å²) < 4.78 is 5.61. The largest absolute Gasteiger partial charge is 0.374 e. The highest BCUT2D eigenvalue weighted by Crippen LogP contribution is 2.07. The first-order chi connectivity index (χ1) is 10.6. The number of benzene rings is 1. The summed E-state index contributed by atoms with van der Waals surface area (Å²) in [4.78, 5) is 6.51. The van der Waals surface area contributed by atoms with Crippen LogP contribution in [-0.4, -0.2) is 37.6 Å². The van der Waals surface area contributed by atoms with E-state index in [9.17, 15) is 0 Å². The number of hydrogen-bond acceptors (Lipinski definition) is 2. The monoisotopic (exact) mass is 305 g/mol. The third-order valence-electron chi connectivity index (χ3n) is 3.48. The smallest absolute Gasteiger partial charge is 0.193 e. The average Bonchev–Trinajstić information content (AvgIpc) is 2.52. The Morgan fingerprint density at radius 2 is 1.86 bits per heavy atom. The Labute approximate surface area is 135 Å². The fourth-order valence-corrected chi connectivity index (χ4v) is 2.08. The third-order valence-corrected chi connectivity index (χ3v) is 3.48. The zero-order valence-corrected chi connectivity index (χ0v) is 14.7. The molecule has 124 valence electrons. The Morgan fingerprint density at radius 3 is 2.41 bits per heavy atom. The number of hydrogen-bond donors (Lipinski definition) is 1. The van der Waals surface area contributed by atoms with Crippen LogP contribution >= 0.6 is 0 Å². The number of guanidine groups is 1. The summed E-state index contributed by atoms with van der Waals surface area (Å²) in [6.07, 6.45) is 2.64. The Bertz CT molecular complexity index is 440. The standard InChI is InChI=1S/C18H31N3O/c1-6-7-12-21(5)18(19-4)20-13-16-8-10-17(11-9-16)14-22-15(2)3/h8-11,15H,6-7,12-14H2,1-5H3,(H,19,20). The Kier molecular flexibility index (Phi) is 8.60. The summed E-state index contributed by atoms with van der Waals surface area (Å²) in [7, 11) is 3.91. The molecule has 0 saturated carbocycles. The number of nitrogens with one attached hydrogen (secondary N) is 1. The summed E-state index contributed by atoms with van der Waals surface area (Å²) in [5.74, 6) is 0.945. The van der Waals surface area contributed by atoms with Gasteiger partial charge in [-0.25, -0.2) is 0 Å². The molecule has 22 heavy (non-hydrogen) atoms. The maximum absolute atomic E-state index is 5.61. The zero-order valence-electron chi connectivity index (χ0n) is 14.7. The van der Waals surface area contributed by atoms with Crippen molar-refractivity contribution in [1.29, 1.82) is 0 Å². The van der Waals surface area contributed by atoms with Crippen LogP contribution in [0.2, 0.25) is 0 Å². The van der Waals surface area contributed by atoms with Gasteiger partial charge in [0.05, 0.1) is 12.7 Å². The first-order valence-electron chi connectivity index (χ1n) is 8.18. The van der Waals surface area contributed by atoms with Gasteiger partial charge in [0.2, 0.25) is 0 Å². The van der Waals surface area contributed by atoms with E-state index in [0.717, 1.165) is 19.0 Å². The average molecular weight is 305 g/mol. The quantitative estimate of drug-likeness (QED) is 0.590. The summed E-state index contributed by atoms with van der Waals surface area (Å²) >= 11 is 0. The van der Waals surface area contributed by atoms with E-state index in [-0.39, 0.29) is 6.10 Å². The molecule has 0 radical (unpaired) electrons. The molecule has 0 atom stereocenters. The van der Waals surface area contributed by atoms with E-state index in [1.165, 1.54) is 24.0 Å². The van der Waals surface area contributed by atoms with E-state index >= 15 is 0 Å². The zero-order chi connectivity index (χ0) is 16.4. The number of nitrogens with zero attached hydrogens (tertiary/aromatic N) is 2. The van der Waals surface area contributed by atoms with Gasteiger partial charge in [0.1, 0.15) is 0 Å². The van der Waals surface area contributed by atoms with Crippen molar-refractivity contribution in [1.82, 2.24) is 10.2 Å². The van der Waals surface area contributed by atoms with Crippen LogP contribution in [0.25, 0.3) is 0 Å². The number of rotatable bonds is 8. The molecule has 0 aliphatic rings. The molecule has 0 aliphatic heterocycles. The SMILES string of the molecule is CCCCN(C)C(=NC)NCc1ccc(COC(C)C)cc1. The summed E-state index contributed by atoms with van der Waals surface area (Å²) in [6, 6.07) is 8.54. The normalized spacial score (nSPS) is 11.8. The van der Waals surface area contributed by atoms with E-state index in [0.29, 0.717) is 6.61 Å². The van der Waals surface area contributed by atoms with Gasteiger partial charge in [0.15, 0.2) is 5.96 Å². The molecular formula is C18H31N3O. The van der Waals surface area contributed by atoms with Crippen LogP contribution < -0.4 is 5.32 Å². The van der Waals surface area contributed by atoms with Gasteiger partial charge in [-0.1, -0.05) is 37.6 Å². The van der Waals surface area contributed by atoms with Crippen LogP contribution in [0.5, 0.6) is 0 Å². The van der Waals surface area contributed by atoms with Gasteiger partial charge in [0.25, 0.3) is 0 Å². The lowest BCUT2D eigenvalue weighted by atomic mass is 10.1. The summed E-state index contributed by atoms with van der Waals surface area (Å²) in [6.45, 7) is 8.80. The second-order valence-corrected chi connectivity index (χ2v) is 5.85. The lowest BCUT2D eigenvalue weighted by Crippen LogP contribution is -2.38. The Balaban J connectivity index is 2.46. The van der Waals surface area contributed by atoms with E-state index in [4.69, 9.17) is 4.74 Å². The number of ether oxygens (including phenoxy) is 1. The molecule has 0 fully saturated rings. The molecule has 0 amide bonds. The predicted molar refractivity (Wildman–Crippen MR) is 94.1 cm³/mol. The molecule has 1 N–H and O–H groups in total. The van der Waals surface area contributed by atoms with Gasteiger partial charge in [-0.05, 0) is 31.4 Å². The molecule has 1 aromatic rings. The molecule has 4 heteroatoms. The van der Waals surface area contributed by atoms with Gasteiger partial charge >= 0.3 is 0 Å². The second kappa shape index (κ2) is 10.2. The maximum atomic E-state index is 5.61. The van der Waals surface area contributed by atoms with Crippen molar-refractivity contribution in [2.45, 2.75) is 52.9 Å². The lowest BCUT2D eigenvalue weighted by Gasteiger charge is -2.21. The molecular weight excluding hydrogens is 274 g/mol. The van der Waals surface area contributed by atoms with Crippen molar-refractivity contribution >= 4 is 5.96 Å². The highest BCUT2D eigenvalue weighted by atomic mass is 16.5. The van der Waals surface area contributed by atoms with Crippen molar-refractivity contribution < 1.29 is 4.74 Å². The molecule has 0 saturated heterocycles. The van der Waals surface area contributed by atoms with Gasteiger partial charge < -0.3 is 15.0 Å². The van der Waals surface area contributed by atoms with Crippen molar-refractivity contribution in [3.05, 3.63) is 35.4 Å². The summed E-state index contributed by atoms with van der Waals surface area (Å²) in [5, 5.41) is 3.41. The van der Waals surface area contributed by atoms with E-state index in [2.05, 4.69) is 67.3 Å².